The molecule has 1 aromatic carbocycles. The SMILES string of the molecule is NNC(CCC(F)(F)F)Cc1ccc(Cl)cc1F. The van der Waals surface area contributed by atoms with Gasteiger partial charge in [0.25, 0.3) is 0 Å². The topological polar surface area (TPSA) is 38.0 Å². The summed E-state index contributed by atoms with van der Waals surface area (Å²) in [5.41, 5.74) is 2.55. The van der Waals surface area contributed by atoms with Gasteiger partial charge >= 0.3 is 6.18 Å². The minimum atomic E-state index is -4.24. The average Bonchev–Trinajstić information content (AvgIpc) is 2.25. The molecular weight excluding hydrogens is 272 g/mol. The lowest BCUT2D eigenvalue weighted by Crippen LogP contribution is -2.37. The third-order valence-electron chi connectivity index (χ3n) is 2.49. The van der Waals surface area contributed by atoms with Crippen molar-refractivity contribution in [2.75, 3.05) is 0 Å². The second-order valence-electron chi connectivity index (χ2n) is 3.96. The molecule has 0 aromatic heterocycles. The van der Waals surface area contributed by atoms with E-state index in [9.17, 15) is 17.6 Å². The zero-order chi connectivity index (χ0) is 13.8. The van der Waals surface area contributed by atoms with Crippen molar-refractivity contribution in [1.82, 2.24) is 5.43 Å². The number of hydrogen-bond donors (Lipinski definition) is 2. The Bertz CT molecular complexity index is 395. The molecule has 0 saturated heterocycles. The Morgan fingerprint density at radius 2 is 2.00 bits per heavy atom. The predicted molar refractivity (Wildman–Crippen MR) is 61.5 cm³/mol. The zero-order valence-electron chi connectivity index (χ0n) is 9.40. The Hall–Kier alpha value is -0.850. The van der Waals surface area contributed by atoms with E-state index in [4.69, 9.17) is 17.4 Å². The highest BCUT2D eigenvalue weighted by atomic mass is 35.5. The van der Waals surface area contributed by atoms with Gasteiger partial charge in [-0.1, -0.05) is 17.7 Å². The van der Waals surface area contributed by atoms with Crippen LogP contribution in [0.25, 0.3) is 0 Å². The molecule has 0 bridgehead atoms. The molecule has 0 saturated carbocycles. The second-order valence-corrected chi connectivity index (χ2v) is 4.39. The highest BCUT2D eigenvalue weighted by Crippen LogP contribution is 2.23. The van der Waals surface area contributed by atoms with Gasteiger partial charge in [-0.2, -0.15) is 13.2 Å². The smallest absolute Gasteiger partial charge is 0.271 e. The van der Waals surface area contributed by atoms with Gasteiger partial charge < -0.3 is 0 Å². The van der Waals surface area contributed by atoms with E-state index in [0.29, 0.717) is 0 Å². The number of rotatable bonds is 5. The van der Waals surface area contributed by atoms with E-state index in [2.05, 4.69) is 5.43 Å². The molecule has 0 fully saturated rings. The van der Waals surface area contributed by atoms with E-state index in [-0.39, 0.29) is 23.4 Å². The summed E-state index contributed by atoms with van der Waals surface area (Å²) in [6.07, 6.45) is -5.33. The van der Waals surface area contributed by atoms with Crippen LogP contribution in [0.15, 0.2) is 18.2 Å². The van der Waals surface area contributed by atoms with Crippen molar-refractivity contribution in [1.29, 1.82) is 0 Å². The molecule has 1 unspecified atom stereocenters. The van der Waals surface area contributed by atoms with Crippen molar-refractivity contribution in [2.24, 2.45) is 5.84 Å². The summed E-state index contributed by atoms with van der Waals surface area (Å²) in [5.74, 6) is 4.62. The minimum absolute atomic E-state index is 0.0790. The van der Waals surface area contributed by atoms with Gasteiger partial charge in [-0.3, -0.25) is 11.3 Å². The summed E-state index contributed by atoms with van der Waals surface area (Å²) in [7, 11) is 0. The standard InChI is InChI=1S/C11H13ClF4N2/c12-8-2-1-7(10(13)6-8)5-9(18-17)3-4-11(14,15)16/h1-2,6,9,18H,3-5,17H2. The molecule has 7 heteroatoms. The third kappa shape index (κ3) is 5.20. The van der Waals surface area contributed by atoms with Crippen molar-refractivity contribution in [3.8, 4) is 0 Å². The number of hydrogen-bond acceptors (Lipinski definition) is 2. The largest absolute Gasteiger partial charge is 0.389 e. The highest BCUT2D eigenvalue weighted by Gasteiger charge is 2.28. The lowest BCUT2D eigenvalue weighted by atomic mass is 10.0. The van der Waals surface area contributed by atoms with Crippen LogP contribution in [0.2, 0.25) is 5.02 Å². The summed E-state index contributed by atoms with van der Waals surface area (Å²) in [4.78, 5) is 0. The van der Waals surface area contributed by atoms with Crippen LogP contribution in [0.1, 0.15) is 18.4 Å². The Morgan fingerprint density at radius 3 is 2.50 bits per heavy atom. The van der Waals surface area contributed by atoms with Crippen molar-refractivity contribution in [2.45, 2.75) is 31.5 Å². The summed E-state index contributed by atoms with van der Waals surface area (Å²) < 4.78 is 49.6. The van der Waals surface area contributed by atoms with Crippen molar-refractivity contribution >= 4 is 11.6 Å². The van der Waals surface area contributed by atoms with E-state index in [1.807, 2.05) is 0 Å². The summed E-state index contributed by atoms with van der Waals surface area (Å²) in [6, 6.07) is 3.41. The van der Waals surface area contributed by atoms with Gasteiger partial charge in [0.2, 0.25) is 0 Å². The lowest BCUT2D eigenvalue weighted by molar-refractivity contribution is -0.136. The van der Waals surface area contributed by atoms with Crippen LogP contribution in [0.3, 0.4) is 0 Å². The first-order chi connectivity index (χ1) is 8.31. The number of nitrogens with one attached hydrogen (secondary N) is 1. The minimum Gasteiger partial charge on any atom is -0.271 e. The Morgan fingerprint density at radius 1 is 1.33 bits per heavy atom. The van der Waals surface area contributed by atoms with Gasteiger partial charge in [-0.25, -0.2) is 4.39 Å². The fourth-order valence-corrected chi connectivity index (χ4v) is 1.69. The molecular formula is C11H13ClF4N2. The number of alkyl halides is 3. The van der Waals surface area contributed by atoms with Crippen LogP contribution in [0, 0.1) is 5.82 Å². The van der Waals surface area contributed by atoms with E-state index in [1.165, 1.54) is 12.1 Å². The van der Waals surface area contributed by atoms with Crippen LogP contribution >= 0.6 is 11.6 Å². The van der Waals surface area contributed by atoms with Gasteiger partial charge in [0.15, 0.2) is 0 Å². The van der Waals surface area contributed by atoms with Crippen molar-refractivity contribution in [3.05, 3.63) is 34.6 Å². The van der Waals surface area contributed by atoms with E-state index < -0.39 is 24.5 Å². The maximum absolute atomic E-state index is 13.4. The molecule has 1 aromatic rings. The second kappa shape index (κ2) is 6.36. The molecule has 0 amide bonds. The number of halogens is 5. The maximum Gasteiger partial charge on any atom is 0.389 e. The van der Waals surface area contributed by atoms with Crippen LogP contribution in [0.5, 0.6) is 0 Å². The fourth-order valence-electron chi connectivity index (χ4n) is 1.53. The zero-order valence-corrected chi connectivity index (χ0v) is 10.2. The summed E-state index contributed by atoms with van der Waals surface area (Å²) >= 11 is 5.58. The van der Waals surface area contributed by atoms with Crippen molar-refractivity contribution < 1.29 is 17.6 Å². The first-order valence-corrected chi connectivity index (χ1v) is 5.66. The van der Waals surface area contributed by atoms with Crippen LogP contribution in [0.4, 0.5) is 17.6 Å². The lowest BCUT2D eigenvalue weighted by Gasteiger charge is -2.17. The van der Waals surface area contributed by atoms with E-state index in [1.54, 1.807) is 0 Å². The van der Waals surface area contributed by atoms with Gasteiger partial charge in [0.1, 0.15) is 5.82 Å². The molecule has 1 atom stereocenters. The van der Waals surface area contributed by atoms with Gasteiger partial charge in [-0.15, -0.1) is 0 Å². The molecule has 102 valence electrons. The van der Waals surface area contributed by atoms with E-state index >= 15 is 0 Å². The van der Waals surface area contributed by atoms with Crippen LogP contribution in [-0.2, 0) is 6.42 Å². The molecule has 0 aliphatic carbocycles. The Labute approximate surface area is 107 Å². The molecule has 0 heterocycles. The summed E-state index contributed by atoms with van der Waals surface area (Å²) in [6.45, 7) is 0. The Kier molecular flexibility index (Phi) is 5.37. The van der Waals surface area contributed by atoms with Crippen molar-refractivity contribution in [3.63, 3.8) is 0 Å². The highest BCUT2D eigenvalue weighted by molar-refractivity contribution is 6.30. The maximum atomic E-state index is 13.4. The fraction of sp³-hybridized carbons (Fsp3) is 0.455. The molecule has 0 spiro atoms. The summed E-state index contributed by atoms with van der Waals surface area (Å²) in [5, 5.41) is 0.240. The van der Waals surface area contributed by atoms with Gasteiger partial charge in [-0.05, 0) is 30.5 Å². The van der Waals surface area contributed by atoms with E-state index in [0.717, 1.165) is 6.07 Å². The Balaban J connectivity index is 2.62. The normalized spacial score (nSPS) is 13.7. The average molecular weight is 285 g/mol. The van der Waals surface area contributed by atoms with Gasteiger partial charge in [0.05, 0.1) is 0 Å². The number of nitrogens with two attached hydrogens (primary N) is 1. The molecule has 0 radical (unpaired) electrons. The monoisotopic (exact) mass is 284 g/mol. The molecule has 1 rings (SSSR count). The molecule has 0 aliphatic heterocycles. The first-order valence-electron chi connectivity index (χ1n) is 5.28. The first kappa shape index (κ1) is 15.2. The molecule has 2 nitrogen and oxygen atoms in total. The van der Waals surface area contributed by atoms with Gasteiger partial charge in [0, 0.05) is 17.5 Å². The quantitative estimate of drug-likeness (QED) is 0.495. The van der Waals surface area contributed by atoms with Crippen LogP contribution < -0.4 is 11.3 Å². The number of benzene rings is 1. The molecule has 0 aliphatic rings. The molecule has 3 N–H and O–H groups in total. The van der Waals surface area contributed by atoms with Crippen LogP contribution in [-0.4, -0.2) is 12.2 Å². The third-order valence-corrected chi connectivity index (χ3v) is 2.73. The number of hydrazine groups is 1. The molecule has 18 heavy (non-hydrogen) atoms. The predicted octanol–water partition coefficient (Wildman–Crippen LogP) is 3.20.